The normalized spacial score (nSPS) is 21.3. The summed E-state index contributed by atoms with van der Waals surface area (Å²) in [5.41, 5.74) is 1.97. The Morgan fingerprint density at radius 2 is 1.80 bits per heavy atom. The average molecular weight is 603 g/mol. The van der Waals surface area contributed by atoms with Gasteiger partial charge >= 0.3 is 0 Å². The molecule has 4 heterocycles. The summed E-state index contributed by atoms with van der Waals surface area (Å²) in [5.74, 6) is -0.429. The van der Waals surface area contributed by atoms with Crippen molar-refractivity contribution in [2.75, 3.05) is 51.1 Å². The van der Waals surface area contributed by atoms with Gasteiger partial charge in [0.05, 0.1) is 38.6 Å². The molecule has 2 fully saturated rings. The van der Waals surface area contributed by atoms with Gasteiger partial charge in [0.15, 0.2) is 5.76 Å². The highest BCUT2D eigenvalue weighted by atomic mass is 16.7. The highest BCUT2D eigenvalue weighted by Crippen LogP contribution is 2.39. The van der Waals surface area contributed by atoms with Gasteiger partial charge in [-0.05, 0) is 42.7 Å². The topological polar surface area (TPSA) is 123 Å². The van der Waals surface area contributed by atoms with Crippen LogP contribution in [0.3, 0.4) is 0 Å². The molecule has 232 valence electrons. The van der Waals surface area contributed by atoms with Crippen LogP contribution in [0.25, 0.3) is 10.9 Å². The first kappa shape index (κ1) is 29.9. The molecule has 3 aromatic rings. The molecular weight excluding hydrogens is 564 g/mol. The number of anilines is 1. The molecule has 1 aromatic heterocycles. The smallest absolute Gasteiger partial charge is 0.288 e. The molecule has 0 aliphatic carbocycles. The largest absolute Gasteiger partial charge is 0.459 e. The lowest BCUT2D eigenvalue weighted by atomic mass is 9.85. The van der Waals surface area contributed by atoms with Gasteiger partial charge in [0.1, 0.15) is 5.54 Å². The lowest BCUT2D eigenvalue weighted by Crippen LogP contribution is -2.57. The van der Waals surface area contributed by atoms with Crippen molar-refractivity contribution in [1.29, 1.82) is 0 Å². The highest BCUT2D eigenvalue weighted by Gasteiger charge is 2.51. The van der Waals surface area contributed by atoms with Crippen molar-refractivity contribution in [1.82, 2.24) is 14.8 Å². The molecule has 0 saturated carbocycles. The summed E-state index contributed by atoms with van der Waals surface area (Å²) in [4.78, 5) is 43.4. The molecule has 44 heavy (non-hydrogen) atoms. The molecule has 0 radical (unpaired) electrons. The number of fused-ring (bicyclic) bond motifs is 1. The van der Waals surface area contributed by atoms with Crippen molar-refractivity contribution < 1.29 is 33.7 Å². The minimum absolute atomic E-state index is 0.0135. The van der Waals surface area contributed by atoms with E-state index in [1.165, 1.54) is 6.92 Å². The summed E-state index contributed by atoms with van der Waals surface area (Å²) in [6, 6.07) is 17.6. The molecule has 0 bridgehead atoms. The lowest BCUT2D eigenvalue weighted by molar-refractivity contribution is -0.157. The Bertz CT molecular complexity index is 1540. The first-order chi connectivity index (χ1) is 21.4. The maximum Gasteiger partial charge on any atom is 0.288 e. The van der Waals surface area contributed by atoms with Crippen LogP contribution in [-0.4, -0.2) is 90.3 Å². The predicted octanol–water partition coefficient (Wildman–Crippen LogP) is 3.00. The van der Waals surface area contributed by atoms with Crippen molar-refractivity contribution in [3.8, 4) is 0 Å². The van der Waals surface area contributed by atoms with Gasteiger partial charge in [-0.25, -0.2) is 0 Å². The number of benzene rings is 2. The number of nitrogens with zero attached hydrogens (tertiary/aromatic N) is 3. The number of hydrogen-bond acceptors (Lipinski definition) is 8. The molecular formula is C33H38N4O7. The Morgan fingerprint density at radius 1 is 1.05 bits per heavy atom. The number of amides is 2. The molecule has 2 amide bonds. The number of ether oxygens (including phenoxy) is 3. The molecule has 6 rings (SSSR count). The van der Waals surface area contributed by atoms with E-state index in [1.54, 1.807) is 9.47 Å². The maximum atomic E-state index is 14.0. The fraction of sp³-hybridized carbons (Fsp3) is 0.424. The Balaban J connectivity index is 1.23. The van der Waals surface area contributed by atoms with E-state index in [-0.39, 0.29) is 55.8 Å². The third-order valence-corrected chi connectivity index (χ3v) is 8.80. The van der Waals surface area contributed by atoms with E-state index in [9.17, 15) is 14.4 Å². The first-order valence-corrected chi connectivity index (χ1v) is 15.1. The van der Waals surface area contributed by atoms with E-state index in [4.69, 9.17) is 19.3 Å². The number of carbonyl (C=O) groups excluding carboxylic acids is 3. The zero-order valence-electron chi connectivity index (χ0n) is 24.8. The van der Waals surface area contributed by atoms with Crippen LogP contribution < -0.4 is 10.2 Å². The number of likely N-dealkylation sites (tertiary alicyclic amines) is 1. The second-order valence-electron chi connectivity index (χ2n) is 11.4. The van der Waals surface area contributed by atoms with Crippen molar-refractivity contribution in [2.45, 2.75) is 43.9 Å². The molecule has 1 spiro atoms. The summed E-state index contributed by atoms with van der Waals surface area (Å²) in [6.45, 7) is 3.38. The van der Waals surface area contributed by atoms with Crippen LogP contribution in [0.5, 0.6) is 0 Å². The predicted molar refractivity (Wildman–Crippen MR) is 163 cm³/mol. The Labute approximate surface area is 256 Å². The summed E-state index contributed by atoms with van der Waals surface area (Å²) < 4.78 is 19.1. The third-order valence-electron chi connectivity index (χ3n) is 8.80. The molecule has 3 aliphatic heterocycles. The first-order valence-electron chi connectivity index (χ1n) is 15.1. The van der Waals surface area contributed by atoms with Crippen molar-refractivity contribution in [3.63, 3.8) is 0 Å². The molecule has 2 N–H and O–H groups in total. The third kappa shape index (κ3) is 5.70. The summed E-state index contributed by atoms with van der Waals surface area (Å²) >= 11 is 0. The molecule has 3 aliphatic rings. The van der Waals surface area contributed by atoms with Crippen LogP contribution in [0.1, 0.15) is 42.5 Å². The van der Waals surface area contributed by atoms with Crippen LogP contribution in [0.2, 0.25) is 0 Å². The standard InChI is InChI=1S/C33H38N4O7/c1-23(39)36-21-27(26-9-5-6-10-28(26)36)24-19-29(44-30(20-24)43-18-17-42-16-15-38)31(40)35-13-11-33(12-14-35)32(41)34-22-37(33)25-7-3-2-4-8-25/h2-10,19,21,24,30,38H,11-18,20,22H2,1H3,(H,34,41). The molecule has 2 saturated heterocycles. The van der Waals surface area contributed by atoms with Crippen LogP contribution in [-0.2, 0) is 23.8 Å². The molecule has 2 atom stereocenters. The Kier molecular flexibility index (Phi) is 8.69. The number of carbonyl (C=O) groups is 3. The number of hydrogen-bond donors (Lipinski definition) is 2. The van der Waals surface area contributed by atoms with Crippen LogP contribution in [0.4, 0.5) is 5.69 Å². The second kappa shape index (κ2) is 12.8. The molecule has 2 unspecified atom stereocenters. The van der Waals surface area contributed by atoms with Crippen LogP contribution >= 0.6 is 0 Å². The van der Waals surface area contributed by atoms with Gasteiger partial charge < -0.3 is 34.4 Å². The number of aliphatic hydroxyl groups excluding tert-OH is 1. The Morgan fingerprint density at radius 3 is 2.55 bits per heavy atom. The average Bonchev–Trinajstić information content (AvgIpc) is 3.59. The molecule has 11 nitrogen and oxygen atoms in total. The van der Waals surface area contributed by atoms with Gasteiger partial charge in [-0.2, -0.15) is 0 Å². The summed E-state index contributed by atoms with van der Waals surface area (Å²) in [5, 5.41) is 12.9. The monoisotopic (exact) mass is 602 g/mol. The van der Waals surface area contributed by atoms with E-state index >= 15 is 0 Å². The van der Waals surface area contributed by atoms with E-state index in [0.29, 0.717) is 39.0 Å². The van der Waals surface area contributed by atoms with Gasteiger partial charge in [-0.1, -0.05) is 36.4 Å². The van der Waals surface area contributed by atoms with Gasteiger partial charge in [-0.15, -0.1) is 0 Å². The Hall–Kier alpha value is -4.19. The summed E-state index contributed by atoms with van der Waals surface area (Å²) in [7, 11) is 0. The number of nitrogens with one attached hydrogen (secondary N) is 1. The number of rotatable bonds is 9. The van der Waals surface area contributed by atoms with Gasteiger partial charge in [0.25, 0.3) is 5.91 Å². The van der Waals surface area contributed by atoms with Crippen molar-refractivity contribution >= 4 is 34.3 Å². The maximum absolute atomic E-state index is 14.0. The molecule has 11 heteroatoms. The summed E-state index contributed by atoms with van der Waals surface area (Å²) in [6.07, 6.45) is 4.38. The fourth-order valence-corrected chi connectivity index (χ4v) is 6.56. The number of allylic oxidation sites excluding steroid dienone is 1. The van der Waals surface area contributed by atoms with E-state index in [0.717, 1.165) is 22.2 Å². The SMILES string of the molecule is CC(=O)n1cc(C2C=C(C(=O)N3CCC4(CC3)C(=O)NCN4c3ccccc3)OC(OCCOCCO)C2)c2ccccc21. The quantitative estimate of drug-likeness (QED) is 0.359. The van der Waals surface area contributed by atoms with Gasteiger partial charge in [-0.3, -0.25) is 19.0 Å². The number of aromatic nitrogens is 1. The van der Waals surface area contributed by atoms with Gasteiger partial charge in [0, 0.05) is 49.6 Å². The highest BCUT2D eigenvalue weighted by molar-refractivity contribution is 5.96. The van der Waals surface area contributed by atoms with E-state index < -0.39 is 11.8 Å². The van der Waals surface area contributed by atoms with E-state index in [1.807, 2.05) is 66.9 Å². The minimum atomic E-state index is -0.716. The van der Waals surface area contributed by atoms with Crippen LogP contribution in [0.15, 0.2) is 72.6 Å². The number of piperidine rings is 1. The minimum Gasteiger partial charge on any atom is -0.459 e. The lowest BCUT2D eigenvalue weighted by Gasteiger charge is -2.43. The zero-order chi connectivity index (χ0) is 30.7. The number of para-hydroxylation sites is 2. The fourth-order valence-electron chi connectivity index (χ4n) is 6.56. The number of aliphatic hydroxyl groups is 1. The second-order valence-corrected chi connectivity index (χ2v) is 11.4. The van der Waals surface area contributed by atoms with Crippen LogP contribution in [0, 0.1) is 0 Å². The van der Waals surface area contributed by atoms with Crippen molar-refractivity contribution in [3.05, 3.63) is 78.2 Å². The van der Waals surface area contributed by atoms with E-state index in [2.05, 4.69) is 10.2 Å². The zero-order valence-corrected chi connectivity index (χ0v) is 24.8. The molecule has 2 aromatic carbocycles. The van der Waals surface area contributed by atoms with Crippen molar-refractivity contribution in [2.24, 2.45) is 0 Å². The van der Waals surface area contributed by atoms with Gasteiger partial charge in [0.2, 0.25) is 18.1 Å².